The number of likely N-dealkylation sites (N-methyl/N-ethyl adjacent to an activating group) is 1. The summed E-state index contributed by atoms with van der Waals surface area (Å²) >= 11 is 11.9. The largest absolute Gasteiger partial charge is 0.622 e. The van der Waals surface area contributed by atoms with E-state index >= 15 is 0 Å². The highest BCUT2D eigenvalue weighted by Crippen LogP contribution is 2.21. The van der Waals surface area contributed by atoms with Gasteiger partial charge in [0.2, 0.25) is 5.91 Å². The van der Waals surface area contributed by atoms with Crippen molar-refractivity contribution in [2.24, 2.45) is 5.92 Å². The molecule has 3 atom stereocenters. The van der Waals surface area contributed by atoms with Crippen LogP contribution in [0.15, 0.2) is 18.2 Å². The van der Waals surface area contributed by atoms with Crippen LogP contribution in [0.3, 0.4) is 0 Å². The van der Waals surface area contributed by atoms with Crippen molar-refractivity contribution in [3.8, 4) is 0 Å². The Morgan fingerprint density at radius 3 is 2.35 bits per heavy atom. The quantitative estimate of drug-likeness (QED) is 0.519. The first-order chi connectivity index (χ1) is 16.1. The number of fused-ring (bicyclic) bond motifs is 2. The maximum atomic E-state index is 12.7. The summed E-state index contributed by atoms with van der Waals surface area (Å²) in [6.45, 7) is 3.61. The average molecular weight is 514 g/mol. The van der Waals surface area contributed by atoms with Crippen molar-refractivity contribution in [3.63, 3.8) is 0 Å². The third-order valence-corrected chi connectivity index (χ3v) is 6.09. The number of carbonyl (C=O) groups is 4. The summed E-state index contributed by atoms with van der Waals surface area (Å²) < 4.78 is 16.3. The number of benzene rings is 1. The molecule has 0 radical (unpaired) electrons. The number of carbonyl (C=O) groups excluding carboxylic acids is 4. The van der Waals surface area contributed by atoms with Crippen molar-refractivity contribution in [1.82, 2.24) is 15.5 Å². The SMILES string of the molecule is CC(C)C[C@H](NC(=O)CNC(=O)c1cc(Cl)ccc1Cl)B1OC(=O)[C@H]2COC[C@@H](C(=O)O1)N2C. The van der Waals surface area contributed by atoms with Crippen LogP contribution in [0, 0.1) is 5.92 Å². The molecular weight excluding hydrogens is 488 g/mol. The highest BCUT2D eigenvalue weighted by atomic mass is 35.5. The van der Waals surface area contributed by atoms with E-state index in [1.807, 2.05) is 13.8 Å². The molecule has 2 fully saturated rings. The van der Waals surface area contributed by atoms with Gasteiger partial charge in [-0.1, -0.05) is 37.0 Å². The number of nitrogens with zero attached hydrogens (tertiary/aromatic N) is 1. The van der Waals surface area contributed by atoms with Crippen LogP contribution in [0.1, 0.15) is 30.6 Å². The lowest BCUT2D eigenvalue weighted by atomic mass is 9.73. The summed E-state index contributed by atoms with van der Waals surface area (Å²) in [7, 11) is 0.310. The maximum absolute atomic E-state index is 12.7. The number of morpholine rings is 1. The Kier molecular flexibility index (Phi) is 8.80. The fourth-order valence-electron chi connectivity index (χ4n) is 3.72. The normalized spacial score (nSPS) is 21.8. The molecule has 1 aromatic rings. The molecule has 2 N–H and O–H groups in total. The first kappa shape index (κ1) is 26.3. The van der Waals surface area contributed by atoms with Crippen molar-refractivity contribution in [3.05, 3.63) is 33.8 Å². The first-order valence-electron chi connectivity index (χ1n) is 10.8. The lowest BCUT2D eigenvalue weighted by Gasteiger charge is -2.40. The average Bonchev–Trinajstić information content (AvgIpc) is 2.77. The number of ether oxygens (including phenoxy) is 1. The van der Waals surface area contributed by atoms with Crippen molar-refractivity contribution >= 4 is 54.1 Å². The van der Waals surface area contributed by atoms with E-state index in [-0.39, 0.29) is 36.3 Å². The molecule has 2 amide bonds. The van der Waals surface area contributed by atoms with E-state index in [9.17, 15) is 19.2 Å². The van der Waals surface area contributed by atoms with E-state index in [0.717, 1.165) is 0 Å². The smallest absolute Gasteiger partial charge is 0.497 e. The van der Waals surface area contributed by atoms with E-state index in [1.165, 1.54) is 12.1 Å². The van der Waals surface area contributed by atoms with E-state index in [1.54, 1.807) is 18.0 Å². The molecule has 0 spiro atoms. The molecule has 0 saturated carbocycles. The number of hydrogen-bond donors (Lipinski definition) is 2. The molecule has 2 saturated heterocycles. The number of nitrogens with one attached hydrogen (secondary N) is 2. The second-order valence-corrected chi connectivity index (χ2v) is 9.43. The summed E-state index contributed by atoms with van der Waals surface area (Å²) in [5.41, 5.74) is 0.126. The molecule has 10 nitrogen and oxygen atoms in total. The Morgan fingerprint density at radius 2 is 1.76 bits per heavy atom. The third-order valence-electron chi connectivity index (χ3n) is 5.53. The van der Waals surface area contributed by atoms with Gasteiger partial charge in [0.15, 0.2) is 0 Å². The van der Waals surface area contributed by atoms with Crippen LogP contribution in [-0.2, 0) is 28.4 Å². The molecule has 1 aromatic carbocycles. The van der Waals surface area contributed by atoms with Crippen LogP contribution in [0.2, 0.25) is 10.0 Å². The van der Waals surface area contributed by atoms with Gasteiger partial charge >= 0.3 is 19.1 Å². The summed E-state index contributed by atoms with van der Waals surface area (Å²) in [6.07, 6.45) is 0.354. The number of amides is 2. The summed E-state index contributed by atoms with van der Waals surface area (Å²) in [6, 6.07) is 2.90. The number of rotatable bonds is 7. The molecule has 2 aliphatic heterocycles. The molecule has 0 unspecified atom stereocenters. The topological polar surface area (TPSA) is 123 Å². The van der Waals surface area contributed by atoms with Crippen LogP contribution in [-0.4, -0.2) is 80.6 Å². The minimum atomic E-state index is -1.32. The van der Waals surface area contributed by atoms with Gasteiger partial charge in [-0.15, -0.1) is 0 Å². The Morgan fingerprint density at radius 1 is 1.15 bits per heavy atom. The molecule has 3 rings (SSSR count). The van der Waals surface area contributed by atoms with E-state index in [4.69, 9.17) is 37.2 Å². The lowest BCUT2D eigenvalue weighted by Crippen LogP contribution is -2.63. The van der Waals surface area contributed by atoms with Gasteiger partial charge in [0.1, 0.15) is 12.1 Å². The Hall–Kier alpha value is -2.34. The molecule has 0 aromatic heterocycles. The minimum absolute atomic E-state index is 0.0681. The van der Waals surface area contributed by atoms with Gasteiger partial charge in [-0.25, -0.2) is 0 Å². The van der Waals surface area contributed by atoms with Crippen molar-refractivity contribution < 1.29 is 33.2 Å². The van der Waals surface area contributed by atoms with Gasteiger partial charge in [-0.3, -0.25) is 24.1 Å². The zero-order valence-corrected chi connectivity index (χ0v) is 20.5. The predicted octanol–water partition coefficient (Wildman–Crippen LogP) is 1.08. The zero-order valence-electron chi connectivity index (χ0n) is 19.0. The van der Waals surface area contributed by atoms with Crippen molar-refractivity contribution in [1.29, 1.82) is 0 Å². The van der Waals surface area contributed by atoms with E-state index < -0.39 is 48.9 Å². The molecule has 2 heterocycles. The molecule has 184 valence electrons. The van der Waals surface area contributed by atoms with Gasteiger partial charge < -0.3 is 24.7 Å². The molecule has 2 aliphatic rings. The van der Waals surface area contributed by atoms with Crippen LogP contribution < -0.4 is 10.6 Å². The van der Waals surface area contributed by atoms with E-state index in [2.05, 4.69) is 10.6 Å². The zero-order chi connectivity index (χ0) is 25.0. The Balaban J connectivity index is 1.68. The number of hydrogen-bond acceptors (Lipinski definition) is 8. The Labute approximate surface area is 207 Å². The highest BCUT2D eigenvalue weighted by Gasteiger charge is 2.48. The molecule has 2 bridgehead atoms. The lowest BCUT2D eigenvalue weighted by molar-refractivity contribution is -0.166. The second-order valence-electron chi connectivity index (χ2n) is 8.59. The highest BCUT2D eigenvalue weighted by molar-refractivity contribution is 6.51. The van der Waals surface area contributed by atoms with E-state index in [0.29, 0.717) is 11.4 Å². The van der Waals surface area contributed by atoms with Gasteiger partial charge in [0, 0.05) is 5.02 Å². The second kappa shape index (κ2) is 11.4. The van der Waals surface area contributed by atoms with Gasteiger partial charge in [-0.2, -0.15) is 0 Å². The van der Waals surface area contributed by atoms with Crippen molar-refractivity contribution in [2.75, 3.05) is 26.8 Å². The predicted molar refractivity (Wildman–Crippen MR) is 124 cm³/mol. The van der Waals surface area contributed by atoms with Gasteiger partial charge in [-0.05, 0) is 37.6 Å². The monoisotopic (exact) mass is 513 g/mol. The van der Waals surface area contributed by atoms with Crippen LogP contribution in [0.5, 0.6) is 0 Å². The molecule has 13 heteroatoms. The van der Waals surface area contributed by atoms with Crippen LogP contribution >= 0.6 is 23.2 Å². The molecule has 0 aliphatic carbocycles. The van der Waals surface area contributed by atoms with Gasteiger partial charge in [0.25, 0.3) is 5.91 Å². The maximum Gasteiger partial charge on any atom is 0.622 e. The van der Waals surface area contributed by atoms with Crippen LogP contribution in [0.25, 0.3) is 0 Å². The number of halogens is 2. The summed E-state index contributed by atoms with van der Waals surface area (Å²) in [4.78, 5) is 52.0. The molecule has 34 heavy (non-hydrogen) atoms. The summed E-state index contributed by atoms with van der Waals surface area (Å²) in [5.74, 6) is -3.13. The third kappa shape index (κ3) is 6.41. The van der Waals surface area contributed by atoms with Crippen molar-refractivity contribution in [2.45, 2.75) is 38.3 Å². The fraction of sp³-hybridized carbons (Fsp3) is 0.524. The van der Waals surface area contributed by atoms with Crippen LogP contribution in [0.4, 0.5) is 0 Å². The first-order valence-corrected chi connectivity index (χ1v) is 11.6. The van der Waals surface area contributed by atoms with Gasteiger partial charge in [0.05, 0.1) is 36.3 Å². The summed E-state index contributed by atoms with van der Waals surface area (Å²) in [5, 5.41) is 5.69. The molecular formula is C21H26BCl2N3O7. The minimum Gasteiger partial charge on any atom is -0.497 e. The Bertz CT molecular complexity index is 938. The standard InChI is InChI=1S/C21H26BCl2N3O7/c1-11(2)6-17(22-33-20(30)15-9-32-10-16(27(15)3)21(31)34-22)26-18(28)8-25-19(29)13-7-12(23)4-5-14(13)24/h4-5,7,11,15-17H,6,8-10H2,1-3H3,(H,25,29)(H,26,28)/t15-,16+,17-/m0/s1. The fourth-order valence-corrected chi connectivity index (χ4v) is 4.09.